The first-order chi connectivity index (χ1) is 7.32. The molecule has 0 bridgehead atoms. The maximum atomic E-state index is 12.5. The van der Waals surface area contributed by atoms with Crippen molar-refractivity contribution in [3.8, 4) is 0 Å². The largest absolute Gasteiger partial charge is 0.418 e. The molecule has 1 aromatic rings. The number of rotatable bonds is 3. The number of hydrogen-bond acceptors (Lipinski definition) is 2. The number of aromatic nitrogens is 1. The summed E-state index contributed by atoms with van der Waals surface area (Å²) >= 11 is 0. The number of alkyl halides is 3. The molecule has 1 aromatic heterocycles. The Labute approximate surface area is 91.5 Å². The average molecular weight is 231 g/mol. The van der Waals surface area contributed by atoms with Crippen molar-refractivity contribution >= 4 is 5.78 Å². The summed E-state index contributed by atoms with van der Waals surface area (Å²) in [6.45, 7) is 3.30. The molecule has 16 heavy (non-hydrogen) atoms. The Morgan fingerprint density at radius 2 is 2.06 bits per heavy atom. The zero-order chi connectivity index (χ0) is 12.3. The maximum absolute atomic E-state index is 12.5. The molecule has 88 valence electrons. The van der Waals surface area contributed by atoms with Crippen LogP contribution in [0, 0.1) is 5.92 Å². The molecule has 1 heterocycles. The van der Waals surface area contributed by atoms with Crippen molar-refractivity contribution in [3.05, 3.63) is 29.6 Å². The van der Waals surface area contributed by atoms with Gasteiger partial charge >= 0.3 is 6.18 Å². The molecule has 0 amide bonds. The molecule has 5 heteroatoms. The Morgan fingerprint density at radius 1 is 1.44 bits per heavy atom. The van der Waals surface area contributed by atoms with Crippen molar-refractivity contribution in [3.63, 3.8) is 0 Å². The van der Waals surface area contributed by atoms with Crippen LogP contribution in [-0.4, -0.2) is 10.8 Å². The summed E-state index contributed by atoms with van der Waals surface area (Å²) < 4.78 is 37.6. The van der Waals surface area contributed by atoms with Crippen molar-refractivity contribution in [1.29, 1.82) is 0 Å². The zero-order valence-electron chi connectivity index (χ0n) is 9.01. The molecule has 2 nitrogen and oxygen atoms in total. The van der Waals surface area contributed by atoms with E-state index in [1.54, 1.807) is 13.8 Å². The van der Waals surface area contributed by atoms with Crippen LogP contribution < -0.4 is 0 Å². The van der Waals surface area contributed by atoms with E-state index >= 15 is 0 Å². The van der Waals surface area contributed by atoms with Crippen LogP contribution in [0.15, 0.2) is 18.3 Å². The Bertz CT molecular complexity index is 385. The molecular formula is C11H12F3NO. The quantitative estimate of drug-likeness (QED) is 0.800. The monoisotopic (exact) mass is 231 g/mol. The van der Waals surface area contributed by atoms with Crippen LogP contribution in [0.3, 0.4) is 0 Å². The van der Waals surface area contributed by atoms with E-state index in [1.165, 1.54) is 12.3 Å². The Kier molecular flexibility index (Phi) is 3.67. The van der Waals surface area contributed by atoms with Gasteiger partial charge in [0.1, 0.15) is 5.78 Å². The highest BCUT2D eigenvalue weighted by molar-refractivity contribution is 5.82. The van der Waals surface area contributed by atoms with Gasteiger partial charge in [-0.2, -0.15) is 13.2 Å². The van der Waals surface area contributed by atoms with Gasteiger partial charge in [-0.3, -0.25) is 9.78 Å². The van der Waals surface area contributed by atoms with Crippen LogP contribution in [0.2, 0.25) is 0 Å². The second kappa shape index (κ2) is 4.63. The van der Waals surface area contributed by atoms with Crippen molar-refractivity contribution < 1.29 is 18.0 Å². The highest BCUT2D eigenvalue weighted by Crippen LogP contribution is 2.31. The lowest BCUT2D eigenvalue weighted by Gasteiger charge is -2.11. The summed E-state index contributed by atoms with van der Waals surface area (Å²) in [4.78, 5) is 15.0. The first-order valence-corrected chi connectivity index (χ1v) is 4.86. The van der Waals surface area contributed by atoms with Crippen LogP contribution in [0.4, 0.5) is 13.2 Å². The average Bonchev–Trinajstić information content (AvgIpc) is 2.16. The van der Waals surface area contributed by atoms with E-state index in [9.17, 15) is 18.0 Å². The Morgan fingerprint density at radius 3 is 2.56 bits per heavy atom. The number of hydrogen-bond donors (Lipinski definition) is 0. The van der Waals surface area contributed by atoms with Crippen molar-refractivity contribution in [2.45, 2.75) is 26.4 Å². The maximum Gasteiger partial charge on any atom is 0.418 e. The van der Waals surface area contributed by atoms with Gasteiger partial charge in [-0.05, 0) is 12.1 Å². The standard InChI is InChI=1S/C11H12F3NO/c1-7(2)10(16)6-9-8(11(12,13)14)4-3-5-15-9/h3-5,7H,6H2,1-2H3. The first-order valence-electron chi connectivity index (χ1n) is 4.86. The molecule has 0 aromatic carbocycles. The summed E-state index contributed by atoms with van der Waals surface area (Å²) in [7, 11) is 0. The summed E-state index contributed by atoms with van der Waals surface area (Å²) in [6.07, 6.45) is -3.47. The molecule has 0 aliphatic heterocycles. The molecule has 1 rings (SSSR count). The minimum Gasteiger partial charge on any atom is -0.299 e. The fraction of sp³-hybridized carbons (Fsp3) is 0.455. The van der Waals surface area contributed by atoms with Crippen LogP contribution in [0.25, 0.3) is 0 Å². The molecule has 0 saturated carbocycles. The number of ketones is 1. The third-order valence-electron chi connectivity index (χ3n) is 2.18. The van der Waals surface area contributed by atoms with E-state index in [0.717, 1.165) is 6.07 Å². The number of pyridine rings is 1. The van der Waals surface area contributed by atoms with Crippen molar-refractivity contribution in [2.24, 2.45) is 5.92 Å². The summed E-state index contributed by atoms with van der Waals surface area (Å²) in [6, 6.07) is 2.15. The van der Waals surface area contributed by atoms with Gasteiger partial charge in [0.05, 0.1) is 11.3 Å². The molecule has 0 saturated heterocycles. The third kappa shape index (κ3) is 3.05. The fourth-order valence-electron chi connectivity index (χ4n) is 1.21. The lowest BCUT2D eigenvalue weighted by Crippen LogP contribution is -2.16. The first kappa shape index (κ1) is 12.7. The van der Waals surface area contributed by atoms with Crippen LogP contribution >= 0.6 is 0 Å². The van der Waals surface area contributed by atoms with Gasteiger partial charge in [-0.25, -0.2) is 0 Å². The predicted octanol–water partition coefficient (Wildman–Crippen LogP) is 2.87. The smallest absolute Gasteiger partial charge is 0.299 e. The number of carbonyl (C=O) groups excluding carboxylic acids is 1. The second-order valence-corrected chi connectivity index (χ2v) is 3.79. The lowest BCUT2D eigenvalue weighted by atomic mass is 10.0. The zero-order valence-corrected chi connectivity index (χ0v) is 9.01. The number of Topliss-reactive ketones (excluding diaryl/α,β-unsaturated/α-hetero) is 1. The fourth-order valence-corrected chi connectivity index (χ4v) is 1.21. The normalized spacial score (nSPS) is 11.9. The van der Waals surface area contributed by atoms with Crippen LogP contribution in [-0.2, 0) is 17.4 Å². The number of halogens is 3. The topological polar surface area (TPSA) is 30.0 Å². The van der Waals surface area contributed by atoms with Gasteiger partial charge in [-0.15, -0.1) is 0 Å². The van der Waals surface area contributed by atoms with Gasteiger partial charge < -0.3 is 0 Å². The minimum absolute atomic E-state index is 0.200. The summed E-state index contributed by atoms with van der Waals surface area (Å²) in [5.41, 5.74) is -1.03. The molecular weight excluding hydrogens is 219 g/mol. The van der Waals surface area contributed by atoms with Crippen LogP contribution in [0.1, 0.15) is 25.1 Å². The summed E-state index contributed by atoms with van der Waals surface area (Å²) in [5, 5.41) is 0. The molecule has 0 spiro atoms. The molecule has 0 aliphatic carbocycles. The van der Waals surface area contributed by atoms with Gasteiger partial charge in [-0.1, -0.05) is 13.8 Å². The van der Waals surface area contributed by atoms with E-state index in [0.29, 0.717) is 0 Å². The van der Waals surface area contributed by atoms with E-state index in [2.05, 4.69) is 4.98 Å². The highest BCUT2D eigenvalue weighted by atomic mass is 19.4. The van der Waals surface area contributed by atoms with E-state index in [-0.39, 0.29) is 23.8 Å². The SMILES string of the molecule is CC(C)C(=O)Cc1ncccc1C(F)(F)F. The second-order valence-electron chi connectivity index (χ2n) is 3.79. The van der Waals surface area contributed by atoms with Crippen molar-refractivity contribution in [1.82, 2.24) is 4.98 Å². The third-order valence-corrected chi connectivity index (χ3v) is 2.18. The van der Waals surface area contributed by atoms with E-state index in [1.807, 2.05) is 0 Å². The number of carbonyl (C=O) groups is 1. The van der Waals surface area contributed by atoms with Gasteiger partial charge in [0.2, 0.25) is 0 Å². The van der Waals surface area contributed by atoms with Gasteiger partial charge in [0.25, 0.3) is 0 Å². The predicted molar refractivity (Wildman–Crippen MR) is 52.8 cm³/mol. The van der Waals surface area contributed by atoms with Crippen LogP contribution in [0.5, 0.6) is 0 Å². The minimum atomic E-state index is -4.46. The molecule has 0 atom stereocenters. The number of nitrogens with zero attached hydrogens (tertiary/aromatic N) is 1. The Hall–Kier alpha value is -1.39. The van der Waals surface area contributed by atoms with Crippen molar-refractivity contribution in [2.75, 3.05) is 0 Å². The van der Waals surface area contributed by atoms with Gasteiger partial charge in [0, 0.05) is 18.5 Å². The molecule has 0 aliphatic rings. The molecule has 0 N–H and O–H groups in total. The Balaban J connectivity index is 3.01. The highest BCUT2D eigenvalue weighted by Gasteiger charge is 2.34. The summed E-state index contributed by atoms with van der Waals surface area (Å²) in [5.74, 6) is -0.535. The molecule has 0 fully saturated rings. The molecule has 0 unspecified atom stereocenters. The van der Waals surface area contributed by atoms with E-state index < -0.39 is 11.7 Å². The molecule has 0 radical (unpaired) electrons. The van der Waals surface area contributed by atoms with Gasteiger partial charge in [0.15, 0.2) is 0 Å². The lowest BCUT2D eigenvalue weighted by molar-refractivity contribution is -0.138. The van der Waals surface area contributed by atoms with E-state index in [4.69, 9.17) is 0 Å².